The second-order valence-electron chi connectivity index (χ2n) is 4.49. The van der Waals surface area contributed by atoms with Crippen LogP contribution in [0.3, 0.4) is 0 Å². The fraction of sp³-hybridized carbons (Fsp3) is 0.286. The lowest BCUT2D eigenvalue weighted by Gasteiger charge is -2.12. The molecule has 18 heavy (non-hydrogen) atoms. The van der Waals surface area contributed by atoms with Gasteiger partial charge in [-0.15, -0.1) is 11.3 Å². The Labute approximate surface area is 111 Å². The van der Waals surface area contributed by atoms with Crippen LogP contribution in [0.5, 0.6) is 0 Å². The summed E-state index contributed by atoms with van der Waals surface area (Å²) >= 11 is 1.37. The molecule has 0 radical (unpaired) electrons. The molecule has 3 nitrogen and oxygen atoms in total. The number of hydrogen-bond acceptors (Lipinski definition) is 3. The van der Waals surface area contributed by atoms with Crippen molar-refractivity contribution in [1.29, 1.82) is 0 Å². The number of anilines is 1. The van der Waals surface area contributed by atoms with E-state index in [2.05, 4.69) is 24.1 Å². The summed E-state index contributed by atoms with van der Waals surface area (Å²) in [5.41, 5.74) is 2.88. The molecule has 0 aliphatic heterocycles. The van der Waals surface area contributed by atoms with Gasteiger partial charge in [-0.3, -0.25) is 4.79 Å². The van der Waals surface area contributed by atoms with Crippen LogP contribution in [0.15, 0.2) is 29.6 Å². The average molecular weight is 260 g/mol. The molecule has 0 atom stereocenters. The van der Waals surface area contributed by atoms with Gasteiger partial charge >= 0.3 is 0 Å². The van der Waals surface area contributed by atoms with Crippen LogP contribution in [-0.2, 0) is 0 Å². The van der Waals surface area contributed by atoms with Crippen molar-refractivity contribution in [1.82, 2.24) is 4.98 Å². The molecule has 1 aromatic heterocycles. The van der Waals surface area contributed by atoms with E-state index < -0.39 is 0 Å². The largest absolute Gasteiger partial charge is 0.320 e. The number of benzene rings is 1. The van der Waals surface area contributed by atoms with Gasteiger partial charge in [0.1, 0.15) is 0 Å². The Hall–Kier alpha value is -1.68. The molecule has 94 valence electrons. The Morgan fingerprint density at radius 1 is 1.33 bits per heavy atom. The molecule has 0 spiro atoms. The molecule has 0 unspecified atom stereocenters. The van der Waals surface area contributed by atoms with E-state index in [9.17, 15) is 4.79 Å². The number of para-hydroxylation sites is 1. The van der Waals surface area contributed by atoms with E-state index in [-0.39, 0.29) is 5.91 Å². The van der Waals surface area contributed by atoms with Crippen molar-refractivity contribution in [2.75, 3.05) is 5.32 Å². The predicted octanol–water partition coefficient (Wildman–Crippen LogP) is 3.83. The average Bonchev–Trinajstić information content (AvgIpc) is 2.76. The molecular weight excluding hydrogens is 244 g/mol. The van der Waals surface area contributed by atoms with Gasteiger partial charge in [0.25, 0.3) is 5.91 Å². The van der Waals surface area contributed by atoms with Crippen LogP contribution in [0.2, 0.25) is 0 Å². The Morgan fingerprint density at radius 2 is 2.06 bits per heavy atom. The standard InChI is InChI=1S/C14H16N2OS/c1-9(2)11-6-4-5-7-12(11)16-13(17)14-15-10(3)8-18-14/h4-9H,1-3H3,(H,16,17). The summed E-state index contributed by atoms with van der Waals surface area (Å²) in [5.74, 6) is 0.237. The predicted molar refractivity (Wildman–Crippen MR) is 75.3 cm³/mol. The first kappa shape index (κ1) is 12.8. The molecule has 1 amide bonds. The minimum atomic E-state index is -0.138. The van der Waals surface area contributed by atoms with Crippen LogP contribution < -0.4 is 5.32 Å². The third kappa shape index (κ3) is 2.76. The number of rotatable bonds is 3. The first-order chi connectivity index (χ1) is 8.58. The van der Waals surface area contributed by atoms with Crippen LogP contribution in [0.25, 0.3) is 0 Å². The van der Waals surface area contributed by atoms with Crippen LogP contribution in [0, 0.1) is 6.92 Å². The quantitative estimate of drug-likeness (QED) is 0.911. The molecule has 0 saturated heterocycles. The fourth-order valence-electron chi connectivity index (χ4n) is 1.75. The highest BCUT2D eigenvalue weighted by atomic mass is 32.1. The Balaban J connectivity index is 2.22. The van der Waals surface area contributed by atoms with Crippen LogP contribution in [0.1, 0.15) is 40.8 Å². The molecule has 1 N–H and O–H groups in total. The zero-order valence-electron chi connectivity index (χ0n) is 10.7. The van der Waals surface area contributed by atoms with Crippen LogP contribution >= 0.6 is 11.3 Å². The van der Waals surface area contributed by atoms with E-state index in [0.29, 0.717) is 10.9 Å². The van der Waals surface area contributed by atoms with Gasteiger partial charge < -0.3 is 5.32 Å². The third-order valence-electron chi connectivity index (χ3n) is 2.64. The number of amides is 1. The van der Waals surface area contributed by atoms with Crippen molar-refractivity contribution < 1.29 is 4.79 Å². The number of carbonyl (C=O) groups excluding carboxylic acids is 1. The molecule has 0 saturated carbocycles. The monoisotopic (exact) mass is 260 g/mol. The van der Waals surface area contributed by atoms with E-state index >= 15 is 0 Å². The topological polar surface area (TPSA) is 42.0 Å². The second kappa shape index (κ2) is 5.31. The molecule has 0 aliphatic carbocycles. The number of nitrogens with one attached hydrogen (secondary N) is 1. The van der Waals surface area contributed by atoms with Gasteiger partial charge in [-0.25, -0.2) is 4.98 Å². The molecule has 0 bridgehead atoms. The summed E-state index contributed by atoms with van der Waals surface area (Å²) in [5, 5.41) is 5.31. The van der Waals surface area contributed by atoms with Crippen molar-refractivity contribution in [3.63, 3.8) is 0 Å². The maximum Gasteiger partial charge on any atom is 0.284 e. The maximum atomic E-state index is 12.0. The summed E-state index contributed by atoms with van der Waals surface area (Å²) in [6.07, 6.45) is 0. The van der Waals surface area contributed by atoms with Crippen molar-refractivity contribution >= 4 is 22.9 Å². The van der Waals surface area contributed by atoms with E-state index in [4.69, 9.17) is 0 Å². The van der Waals surface area contributed by atoms with E-state index in [1.807, 2.05) is 36.6 Å². The molecule has 0 fully saturated rings. The summed E-state index contributed by atoms with van der Waals surface area (Å²) < 4.78 is 0. The lowest BCUT2D eigenvalue weighted by Crippen LogP contribution is -2.13. The van der Waals surface area contributed by atoms with Gasteiger partial charge in [0, 0.05) is 16.8 Å². The number of carbonyl (C=O) groups is 1. The molecule has 2 rings (SSSR count). The first-order valence-electron chi connectivity index (χ1n) is 5.90. The van der Waals surface area contributed by atoms with Gasteiger partial charge in [-0.1, -0.05) is 32.0 Å². The first-order valence-corrected chi connectivity index (χ1v) is 6.78. The maximum absolute atomic E-state index is 12.0. The van der Waals surface area contributed by atoms with Crippen molar-refractivity contribution in [3.8, 4) is 0 Å². The van der Waals surface area contributed by atoms with Crippen LogP contribution in [0.4, 0.5) is 5.69 Å². The van der Waals surface area contributed by atoms with Gasteiger partial charge in [-0.2, -0.15) is 0 Å². The Kier molecular flexibility index (Phi) is 3.77. The number of aromatic nitrogens is 1. The minimum Gasteiger partial charge on any atom is -0.320 e. The van der Waals surface area contributed by atoms with Crippen molar-refractivity contribution in [3.05, 3.63) is 45.9 Å². The Morgan fingerprint density at radius 3 is 2.67 bits per heavy atom. The van der Waals surface area contributed by atoms with Crippen molar-refractivity contribution in [2.24, 2.45) is 0 Å². The van der Waals surface area contributed by atoms with E-state index in [1.165, 1.54) is 11.3 Å². The highest BCUT2D eigenvalue weighted by Gasteiger charge is 2.13. The summed E-state index contributed by atoms with van der Waals surface area (Å²) in [7, 11) is 0. The molecule has 2 aromatic rings. The molecule has 0 aliphatic rings. The van der Waals surface area contributed by atoms with E-state index in [0.717, 1.165) is 16.9 Å². The smallest absolute Gasteiger partial charge is 0.284 e. The van der Waals surface area contributed by atoms with E-state index in [1.54, 1.807) is 0 Å². The van der Waals surface area contributed by atoms with Crippen molar-refractivity contribution in [2.45, 2.75) is 26.7 Å². The zero-order valence-corrected chi connectivity index (χ0v) is 11.5. The number of thiazole rings is 1. The highest BCUT2D eigenvalue weighted by Crippen LogP contribution is 2.24. The van der Waals surface area contributed by atoms with Gasteiger partial charge in [-0.05, 0) is 24.5 Å². The second-order valence-corrected chi connectivity index (χ2v) is 5.35. The zero-order chi connectivity index (χ0) is 13.1. The fourth-order valence-corrected chi connectivity index (χ4v) is 2.44. The van der Waals surface area contributed by atoms with Gasteiger partial charge in [0.05, 0.1) is 0 Å². The molecule has 4 heteroatoms. The van der Waals surface area contributed by atoms with Gasteiger partial charge in [0.15, 0.2) is 5.01 Å². The molecule has 1 aromatic carbocycles. The Bertz CT molecular complexity index is 560. The highest BCUT2D eigenvalue weighted by molar-refractivity contribution is 7.11. The number of aryl methyl sites for hydroxylation is 1. The lowest BCUT2D eigenvalue weighted by atomic mass is 10.0. The van der Waals surface area contributed by atoms with Crippen LogP contribution in [-0.4, -0.2) is 10.9 Å². The number of hydrogen-bond donors (Lipinski definition) is 1. The summed E-state index contributed by atoms with van der Waals surface area (Å²) in [6, 6.07) is 7.87. The lowest BCUT2D eigenvalue weighted by molar-refractivity contribution is 0.102. The van der Waals surface area contributed by atoms with Gasteiger partial charge in [0.2, 0.25) is 0 Å². The third-order valence-corrected chi connectivity index (χ3v) is 3.60. The summed E-state index contributed by atoms with van der Waals surface area (Å²) in [4.78, 5) is 16.2. The molecule has 1 heterocycles. The molecular formula is C14H16N2OS. The number of nitrogens with zero attached hydrogens (tertiary/aromatic N) is 1. The SMILES string of the molecule is Cc1csc(C(=O)Nc2ccccc2C(C)C)n1. The normalized spacial score (nSPS) is 10.7. The minimum absolute atomic E-state index is 0.138. The summed E-state index contributed by atoms with van der Waals surface area (Å²) in [6.45, 7) is 6.10.